The highest BCUT2D eigenvalue weighted by Gasteiger charge is 2.25. The summed E-state index contributed by atoms with van der Waals surface area (Å²) < 4.78 is 19.0. The predicted molar refractivity (Wildman–Crippen MR) is 100 cm³/mol. The number of anilines is 1. The molecule has 0 saturated carbocycles. The van der Waals surface area contributed by atoms with Crippen molar-refractivity contribution >= 4 is 22.6 Å². The minimum Gasteiger partial charge on any atom is -0.461 e. The largest absolute Gasteiger partial charge is 0.461 e. The van der Waals surface area contributed by atoms with Crippen LogP contribution < -0.4 is 5.32 Å². The van der Waals surface area contributed by atoms with Crippen molar-refractivity contribution < 1.29 is 13.6 Å². The normalized spacial score (nSPS) is 16.7. The van der Waals surface area contributed by atoms with E-state index in [0.717, 1.165) is 36.0 Å². The monoisotopic (exact) mass is 352 g/mol. The highest BCUT2D eigenvalue weighted by molar-refractivity contribution is 6.05. The third kappa shape index (κ3) is 3.10. The van der Waals surface area contributed by atoms with E-state index in [4.69, 9.17) is 4.42 Å². The Morgan fingerprint density at radius 1 is 1.19 bits per heavy atom. The van der Waals surface area contributed by atoms with Crippen molar-refractivity contribution in [2.75, 3.05) is 19.4 Å². The number of benzene rings is 2. The number of rotatable bonds is 3. The van der Waals surface area contributed by atoms with Crippen LogP contribution in [0.25, 0.3) is 11.0 Å². The Balaban J connectivity index is 1.62. The number of nitrogens with one attached hydrogen (secondary N) is 1. The van der Waals surface area contributed by atoms with Crippen LogP contribution in [0.4, 0.5) is 10.1 Å². The fourth-order valence-corrected chi connectivity index (χ4v) is 3.58. The number of aryl methyl sites for hydroxylation is 1. The maximum absolute atomic E-state index is 13.0. The fraction of sp³-hybridized carbons (Fsp3) is 0.286. The molecule has 2 aromatic carbocycles. The van der Waals surface area contributed by atoms with Crippen molar-refractivity contribution in [2.24, 2.45) is 0 Å². The van der Waals surface area contributed by atoms with Gasteiger partial charge in [-0.25, -0.2) is 4.39 Å². The Kier molecular flexibility index (Phi) is 4.24. The van der Waals surface area contributed by atoms with E-state index in [-0.39, 0.29) is 11.7 Å². The number of likely N-dealkylation sites (N-methyl/N-ethyl adjacent to an activating group) is 1. The maximum atomic E-state index is 13.0. The molecule has 1 aromatic heterocycles. The predicted octanol–water partition coefficient (Wildman–Crippen LogP) is 4.24. The lowest BCUT2D eigenvalue weighted by Gasteiger charge is -2.27. The van der Waals surface area contributed by atoms with Gasteiger partial charge in [0.15, 0.2) is 0 Å². The van der Waals surface area contributed by atoms with Gasteiger partial charge in [0.25, 0.3) is 5.91 Å². The zero-order chi connectivity index (χ0) is 18.3. The highest BCUT2D eigenvalue weighted by atomic mass is 19.1. The molecular weight excluding hydrogens is 331 g/mol. The molecule has 1 amide bonds. The summed E-state index contributed by atoms with van der Waals surface area (Å²) in [6.45, 7) is 0. The van der Waals surface area contributed by atoms with Crippen molar-refractivity contribution in [3.8, 4) is 0 Å². The van der Waals surface area contributed by atoms with Gasteiger partial charge in [-0.05, 0) is 69.4 Å². The van der Waals surface area contributed by atoms with E-state index in [9.17, 15) is 9.18 Å². The van der Waals surface area contributed by atoms with Gasteiger partial charge in [-0.15, -0.1) is 0 Å². The summed E-state index contributed by atoms with van der Waals surface area (Å²) in [6.07, 6.45) is 2.98. The van der Waals surface area contributed by atoms with E-state index in [1.54, 1.807) is 0 Å². The first-order valence-corrected chi connectivity index (χ1v) is 8.79. The van der Waals surface area contributed by atoms with Crippen molar-refractivity contribution in [2.45, 2.75) is 25.3 Å². The molecule has 1 heterocycles. The summed E-state index contributed by atoms with van der Waals surface area (Å²) in [5.74, 6) is 0.441. The lowest BCUT2D eigenvalue weighted by atomic mass is 9.91. The summed E-state index contributed by atoms with van der Waals surface area (Å²) in [6, 6.07) is 11.7. The topological polar surface area (TPSA) is 45.5 Å². The second-order valence-electron chi connectivity index (χ2n) is 7.04. The van der Waals surface area contributed by atoms with E-state index in [2.05, 4.69) is 24.3 Å². The average Bonchev–Trinajstić information content (AvgIpc) is 2.99. The molecule has 4 rings (SSSR count). The smallest absolute Gasteiger partial charge is 0.255 e. The van der Waals surface area contributed by atoms with Crippen LogP contribution >= 0.6 is 0 Å². The zero-order valence-corrected chi connectivity index (χ0v) is 14.9. The molecule has 0 saturated heterocycles. The number of furan rings is 1. The number of fused-ring (bicyclic) bond motifs is 3. The van der Waals surface area contributed by atoms with Crippen LogP contribution in [-0.2, 0) is 12.8 Å². The summed E-state index contributed by atoms with van der Waals surface area (Å²) >= 11 is 0. The molecule has 4 nitrogen and oxygen atoms in total. The number of hydrogen-bond acceptors (Lipinski definition) is 3. The zero-order valence-electron chi connectivity index (χ0n) is 14.9. The second-order valence-corrected chi connectivity index (χ2v) is 7.04. The summed E-state index contributed by atoms with van der Waals surface area (Å²) in [4.78, 5) is 14.6. The van der Waals surface area contributed by atoms with E-state index in [1.807, 2.05) is 18.2 Å². The molecule has 1 atom stereocenters. The van der Waals surface area contributed by atoms with Crippen LogP contribution in [0, 0.1) is 5.82 Å². The third-order valence-electron chi connectivity index (χ3n) is 5.11. The van der Waals surface area contributed by atoms with Gasteiger partial charge in [0.1, 0.15) is 17.2 Å². The van der Waals surface area contributed by atoms with E-state index < -0.39 is 0 Å². The van der Waals surface area contributed by atoms with Crippen molar-refractivity contribution in [1.29, 1.82) is 0 Å². The van der Waals surface area contributed by atoms with Crippen LogP contribution in [0.15, 0.2) is 46.9 Å². The SMILES string of the molecule is CN(C)C1CCc2oc3ccc(NC(=O)c4ccc(F)cc4)cc3c2C1. The maximum Gasteiger partial charge on any atom is 0.255 e. The van der Waals surface area contributed by atoms with Gasteiger partial charge in [-0.2, -0.15) is 0 Å². The number of carbonyl (C=O) groups excluding carboxylic acids is 1. The first-order valence-electron chi connectivity index (χ1n) is 8.79. The summed E-state index contributed by atoms with van der Waals surface area (Å²) in [5, 5.41) is 3.95. The Bertz CT molecular complexity index is 960. The molecule has 1 N–H and O–H groups in total. The molecule has 1 unspecified atom stereocenters. The molecule has 26 heavy (non-hydrogen) atoms. The van der Waals surface area contributed by atoms with E-state index in [1.165, 1.54) is 29.8 Å². The number of halogens is 1. The van der Waals surface area contributed by atoms with Gasteiger partial charge in [-0.3, -0.25) is 4.79 Å². The molecule has 0 aliphatic heterocycles. The van der Waals surface area contributed by atoms with Crippen LogP contribution in [0.1, 0.15) is 28.1 Å². The molecule has 134 valence electrons. The minimum atomic E-state index is -0.358. The van der Waals surface area contributed by atoms with Crippen molar-refractivity contribution in [1.82, 2.24) is 4.90 Å². The Morgan fingerprint density at radius 2 is 1.96 bits per heavy atom. The first-order chi connectivity index (χ1) is 12.5. The van der Waals surface area contributed by atoms with Gasteiger partial charge < -0.3 is 14.6 Å². The quantitative estimate of drug-likeness (QED) is 0.767. The Labute approximate surface area is 151 Å². The summed E-state index contributed by atoms with van der Waals surface area (Å²) in [5.41, 5.74) is 3.23. The van der Waals surface area contributed by atoms with Gasteiger partial charge >= 0.3 is 0 Å². The molecular formula is C21H21FN2O2. The standard InChI is InChI=1S/C21H21FN2O2/c1-24(2)16-8-10-20-18(12-16)17-11-15(7-9-19(17)26-20)23-21(25)13-3-5-14(22)6-4-13/h3-7,9,11,16H,8,10,12H2,1-2H3,(H,23,25). The molecule has 1 aliphatic carbocycles. The molecule has 1 aliphatic rings. The van der Waals surface area contributed by atoms with Crippen LogP contribution in [0.3, 0.4) is 0 Å². The highest BCUT2D eigenvalue weighted by Crippen LogP contribution is 2.34. The number of amides is 1. The van der Waals surface area contributed by atoms with Crippen molar-refractivity contribution in [3.63, 3.8) is 0 Å². The lowest BCUT2D eigenvalue weighted by molar-refractivity contribution is 0.102. The van der Waals surface area contributed by atoms with Gasteiger partial charge in [0.05, 0.1) is 0 Å². The van der Waals surface area contributed by atoms with Crippen LogP contribution in [-0.4, -0.2) is 30.9 Å². The lowest BCUT2D eigenvalue weighted by Crippen LogP contribution is -2.33. The molecule has 0 radical (unpaired) electrons. The van der Waals surface area contributed by atoms with E-state index >= 15 is 0 Å². The first kappa shape index (κ1) is 16.8. The average molecular weight is 352 g/mol. The molecule has 0 bridgehead atoms. The van der Waals surface area contributed by atoms with Gasteiger partial charge in [0, 0.05) is 34.7 Å². The third-order valence-corrected chi connectivity index (χ3v) is 5.11. The second kappa shape index (κ2) is 6.57. The van der Waals surface area contributed by atoms with Crippen LogP contribution in [0.2, 0.25) is 0 Å². The van der Waals surface area contributed by atoms with Crippen LogP contribution in [0.5, 0.6) is 0 Å². The van der Waals surface area contributed by atoms with Gasteiger partial charge in [0.2, 0.25) is 0 Å². The van der Waals surface area contributed by atoms with Gasteiger partial charge in [-0.1, -0.05) is 0 Å². The molecule has 5 heteroatoms. The number of carbonyl (C=O) groups is 1. The Morgan fingerprint density at radius 3 is 2.69 bits per heavy atom. The summed E-state index contributed by atoms with van der Waals surface area (Å²) in [7, 11) is 4.21. The molecule has 0 fully saturated rings. The van der Waals surface area contributed by atoms with Crippen molar-refractivity contribution in [3.05, 3.63) is 65.2 Å². The molecule has 0 spiro atoms. The minimum absolute atomic E-state index is 0.257. The number of hydrogen-bond donors (Lipinski definition) is 1. The Hall–Kier alpha value is -2.66. The molecule has 3 aromatic rings. The van der Waals surface area contributed by atoms with E-state index in [0.29, 0.717) is 17.3 Å². The number of nitrogens with zero attached hydrogens (tertiary/aromatic N) is 1. The fourth-order valence-electron chi connectivity index (χ4n) is 3.58.